The fourth-order valence-electron chi connectivity index (χ4n) is 2.18. The number of carboxylic acid groups (broad SMARTS) is 1. The van der Waals surface area contributed by atoms with Crippen LogP contribution in [-0.2, 0) is 19.7 Å². The molecule has 20 heavy (non-hydrogen) atoms. The first kappa shape index (κ1) is 16.7. The van der Waals surface area contributed by atoms with Crippen molar-refractivity contribution in [1.29, 1.82) is 0 Å². The maximum Gasteiger partial charge on any atom is 0.422 e. The number of hydrogen-bond acceptors (Lipinski definition) is 5. The Bertz CT molecular complexity index is 489. The summed E-state index contributed by atoms with van der Waals surface area (Å²) in [5, 5.41) is 9.19. The number of carbonyl (C=O) groups excluding carboxylic acids is 1. The van der Waals surface area contributed by atoms with Crippen molar-refractivity contribution in [1.82, 2.24) is 9.44 Å². The predicted octanol–water partition coefficient (Wildman–Crippen LogP) is 0.599. The number of ether oxygens (including phenoxy) is 1. The van der Waals surface area contributed by atoms with Gasteiger partial charge in [-0.2, -0.15) is 13.1 Å². The Morgan fingerprint density at radius 3 is 2.50 bits per heavy atom. The molecule has 1 saturated carbocycles. The highest BCUT2D eigenvalue weighted by Gasteiger charge is 2.47. The lowest BCUT2D eigenvalue weighted by atomic mass is 9.85. The van der Waals surface area contributed by atoms with Crippen LogP contribution in [0.5, 0.6) is 0 Å². The van der Waals surface area contributed by atoms with Gasteiger partial charge in [-0.1, -0.05) is 6.42 Å². The Kier molecular flexibility index (Phi) is 4.98. The molecule has 8 nitrogen and oxygen atoms in total. The minimum Gasteiger partial charge on any atom is -0.481 e. The van der Waals surface area contributed by atoms with Gasteiger partial charge >= 0.3 is 22.3 Å². The van der Waals surface area contributed by atoms with Crippen LogP contribution in [0.4, 0.5) is 4.79 Å². The summed E-state index contributed by atoms with van der Waals surface area (Å²) in [5.41, 5.74) is -1.17. The Morgan fingerprint density at radius 1 is 1.40 bits per heavy atom. The summed E-state index contributed by atoms with van der Waals surface area (Å²) in [5.74, 6) is -1.06. The zero-order valence-electron chi connectivity index (χ0n) is 11.7. The molecule has 0 aromatic carbocycles. The van der Waals surface area contributed by atoms with Crippen molar-refractivity contribution in [3.63, 3.8) is 0 Å². The molecular weight excluding hydrogens is 288 g/mol. The third-order valence-corrected chi connectivity index (χ3v) is 4.33. The van der Waals surface area contributed by atoms with Crippen LogP contribution < -0.4 is 9.44 Å². The standard InChI is InChI=1S/C11H20N2O6S/c1-7(2)19-10(16)13-20(17,18)12-8-5-4-6-11(8,3)9(14)15/h7-8,12H,4-6H2,1-3H3,(H,13,16)(H,14,15). The van der Waals surface area contributed by atoms with E-state index in [2.05, 4.69) is 9.46 Å². The van der Waals surface area contributed by atoms with E-state index in [1.54, 1.807) is 18.6 Å². The lowest BCUT2D eigenvalue weighted by Crippen LogP contribution is -2.51. The summed E-state index contributed by atoms with van der Waals surface area (Å²) in [6.45, 7) is 4.65. The van der Waals surface area contributed by atoms with Crippen molar-refractivity contribution in [2.45, 2.75) is 52.2 Å². The van der Waals surface area contributed by atoms with Gasteiger partial charge in [0.15, 0.2) is 0 Å². The first-order valence-electron chi connectivity index (χ1n) is 6.31. The highest BCUT2D eigenvalue weighted by molar-refractivity contribution is 7.88. The van der Waals surface area contributed by atoms with Gasteiger partial charge in [-0.3, -0.25) is 4.79 Å². The predicted molar refractivity (Wildman–Crippen MR) is 70.2 cm³/mol. The van der Waals surface area contributed by atoms with E-state index in [1.807, 2.05) is 0 Å². The van der Waals surface area contributed by atoms with Crippen molar-refractivity contribution < 1.29 is 27.9 Å². The van der Waals surface area contributed by atoms with Crippen LogP contribution in [-0.4, -0.2) is 37.7 Å². The molecular formula is C11H20N2O6S. The first-order valence-corrected chi connectivity index (χ1v) is 7.79. The topological polar surface area (TPSA) is 122 Å². The number of carbonyl (C=O) groups is 2. The van der Waals surface area contributed by atoms with Crippen molar-refractivity contribution in [3.05, 3.63) is 0 Å². The van der Waals surface area contributed by atoms with E-state index in [9.17, 15) is 23.1 Å². The number of nitrogens with one attached hydrogen (secondary N) is 2. The van der Waals surface area contributed by atoms with Gasteiger partial charge < -0.3 is 9.84 Å². The van der Waals surface area contributed by atoms with Crippen molar-refractivity contribution in [3.8, 4) is 0 Å². The molecule has 1 fully saturated rings. The van der Waals surface area contributed by atoms with E-state index in [-0.39, 0.29) is 0 Å². The highest BCUT2D eigenvalue weighted by Crippen LogP contribution is 2.38. The Morgan fingerprint density at radius 2 is 2.00 bits per heavy atom. The first-order chi connectivity index (χ1) is 9.07. The molecule has 2 atom stereocenters. The number of carboxylic acids is 1. The fraction of sp³-hybridized carbons (Fsp3) is 0.818. The van der Waals surface area contributed by atoms with Crippen LogP contribution in [0.1, 0.15) is 40.0 Å². The number of rotatable bonds is 5. The maximum absolute atomic E-state index is 11.8. The second-order valence-corrected chi connectivity index (χ2v) is 6.79. The molecule has 2 unspecified atom stereocenters. The molecule has 0 spiro atoms. The fourth-order valence-corrected chi connectivity index (χ4v) is 3.25. The van der Waals surface area contributed by atoms with Crippen LogP contribution in [0, 0.1) is 5.41 Å². The quantitative estimate of drug-likeness (QED) is 0.683. The summed E-state index contributed by atoms with van der Waals surface area (Å²) in [6, 6.07) is -0.760. The molecule has 1 aliphatic carbocycles. The Balaban J connectivity index is 2.71. The summed E-state index contributed by atoms with van der Waals surface area (Å²) >= 11 is 0. The maximum atomic E-state index is 11.8. The van der Waals surface area contributed by atoms with Gasteiger partial charge in [0.1, 0.15) is 0 Å². The summed E-state index contributed by atoms with van der Waals surface area (Å²) < 4.78 is 32.1. The van der Waals surface area contributed by atoms with E-state index in [0.717, 1.165) is 0 Å². The van der Waals surface area contributed by atoms with Gasteiger partial charge in [0.05, 0.1) is 11.5 Å². The lowest BCUT2D eigenvalue weighted by molar-refractivity contribution is -0.148. The molecule has 116 valence electrons. The van der Waals surface area contributed by atoms with Crippen LogP contribution in [0.3, 0.4) is 0 Å². The van der Waals surface area contributed by atoms with Gasteiger partial charge in [0, 0.05) is 6.04 Å². The molecule has 0 heterocycles. The average Bonchev–Trinajstić information content (AvgIpc) is 2.58. The number of amides is 1. The zero-order valence-corrected chi connectivity index (χ0v) is 12.5. The highest BCUT2D eigenvalue weighted by atomic mass is 32.2. The van der Waals surface area contributed by atoms with Gasteiger partial charge in [0.2, 0.25) is 0 Å². The zero-order chi connectivity index (χ0) is 15.6. The SMILES string of the molecule is CC(C)OC(=O)NS(=O)(=O)NC1CCCC1(C)C(=O)O. The molecule has 1 aliphatic rings. The normalized spacial score (nSPS) is 26.5. The van der Waals surface area contributed by atoms with E-state index in [4.69, 9.17) is 0 Å². The summed E-state index contributed by atoms with van der Waals surface area (Å²) in [6.07, 6.45) is -0.162. The summed E-state index contributed by atoms with van der Waals surface area (Å²) in [7, 11) is -4.15. The largest absolute Gasteiger partial charge is 0.481 e. The Labute approximate surface area is 118 Å². The van der Waals surface area contributed by atoms with Crippen LogP contribution in [0.2, 0.25) is 0 Å². The molecule has 1 amide bonds. The van der Waals surface area contributed by atoms with E-state index >= 15 is 0 Å². The molecule has 0 saturated heterocycles. The smallest absolute Gasteiger partial charge is 0.422 e. The minimum atomic E-state index is -4.15. The minimum absolute atomic E-state index is 0.381. The van der Waals surface area contributed by atoms with E-state index in [1.165, 1.54) is 6.92 Å². The van der Waals surface area contributed by atoms with E-state index < -0.39 is 39.8 Å². The van der Waals surface area contributed by atoms with Crippen molar-refractivity contribution in [2.24, 2.45) is 5.41 Å². The van der Waals surface area contributed by atoms with E-state index in [0.29, 0.717) is 19.3 Å². The molecule has 0 aromatic rings. The number of aliphatic carboxylic acids is 1. The second-order valence-electron chi connectivity index (χ2n) is 5.34. The molecule has 9 heteroatoms. The molecule has 0 radical (unpaired) electrons. The van der Waals surface area contributed by atoms with Crippen LogP contribution in [0.15, 0.2) is 0 Å². The summed E-state index contributed by atoms with van der Waals surface area (Å²) in [4.78, 5) is 22.5. The average molecular weight is 308 g/mol. The Hall–Kier alpha value is -1.35. The van der Waals surface area contributed by atoms with Crippen molar-refractivity contribution >= 4 is 22.3 Å². The van der Waals surface area contributed by atoms with Gasteiger partial charge in [-0.05, 0) is 33.6 Å². The molecule has 0 aromatic heterocycles. The third-order valence-electron chi connectivity index (χ3n) is 3.30. The molecule has 1 rings (SSSR count). The van der Waals surface area contributed by atoms with Crippen LogP contribution >= 0.6 is 0 Å². The molecule has 0 bridgehead atoms. The lowest BCUT2D eigenvalue weighted by Gasteiger charge is -2.27. The second kappa shape index (κ2) is 5.96. The van der Waals surface area contributed by atoms with Gasteiger partial charge in [0.25, 0.3) is 0 Å². The van der Waals surface area contributed by atoms with Crippen molar-refractivity contribution in [2.75, 3.05) is 0 Å². The van der Waals surface area contributed by atoms with Gasteiger partial charge in [-0.25, -0.2) is 9.52 Å². The molecule has 3 N–H and O–H groups in total. The number of hydrogen-bond donors (Lipinski definition) is 3. The van der Waals surface area contributed by atoms with Gasteiger partial charge in [-0.15, -0.1) is 0 Å². The van der Waals surface area contributed by atoms with Crippen LogP contribution in [0.25, 0.3) is 0 Å². The molecule has 0 aliphatic heterocycles. The third kappa shape index (κ3) is 4.07. The monoisotopic (exact) mass is 308 g/mol.